The molecule has 0 amide bonds. The Kier molecular flexibility index (Phi) is 10.3. The van der Waals surface area contributed by atoms with E-state index in [0.29, 0.717) is 10.9 Å². The van der Waals surface area contributed by atoms with Gasteiger partial charge in [-0.1, -0.05) is 30.0 Å². The van der Waals surface area contributed by atoms with Gasteiger partial charge in [-0.2, -0.15) is 114 Å². The quantitative estimate of drug-likeness (QED) is 0.0695. The van der Waals surface area contributed by atoms with E-state index < -0.39 is 30.2 Å². The summed E-state index contributed by atoms with van der Waals surface area (Å²) in [5.41, 5.74) is 4.32. The number of thioether (sulfide) groups is 1. The van der Waals surface area contributed by atoms with Gasteiger partial charge in [-0.25, -0.2) is 13.4 Å². The molecule has 6 nitrogen and oxygen atoms in total. The highest BCUT2D eigenvalue weighted by molar-refractivity contribution is 8.21. The molecule has 2 aromatic heterocycles. The van der Waals surface area contributed by atoms with Crippen molar-refractivity contribution < 1.29 is 13.2 Å². The van der Waals surface area contributed by atoms with Gasteiger partial charge in [-0.05, 0) is 60.0 Å². The van der Waals surface area contributed by atoms with E-state index in [4.69, 9.17) is 123 Å². The van der Waals surface area contributed by atoms with Gasteiger partial charge in [0.05, 0.1) is 28.7 Å². The lowest BCUT2D eigenvalue weighted by atomic mass is 10.0. The molecule has 0 atom stereocenters. The Hall–Kier alpha value is 0.0500. The molecule has 0 saturated heterocycles. The first kappa shape index (κ1) is 36.3. The number of aryl methyl sites for hydroxylation is 1. The van der Waals surface area contributed by atoms with E-state index in [0.717, 1.165) is 28.1 Å². The van der Waals surface area contributed by atoms with E-state index in [9.17, 15) is 8.42 Å². The first-order valence-corrected chi connectivity index (χ1v) is 19.7. The van der Waals surface area contributed by atoms with Gasteiger partial charge in [0.25, 0.3) is 0 Å². The Morgan fingerprint density at radius 1 is 0.844 bits per heavy atom. The molecule has 4 aromatic rings. The molecule has 1 fully saturated rings. The second-order valence-corrected chi connectivity index (χ2v) is 21.5. The van der Waals surface area contributed by atoms with E-state index in [-0.39, 0.29) is 11.5 Å². The molecule has 2 aromatic carbocycles. The summed E-state index contributed by atoms with van der Waals surface area (Å²) in [7, 11) is -3.27. The predicted octanol–water partition coefficient (Wildman–Crippen LogP) is 7.18. The highest BCUT2D eigenvalue weighted by atomic mass is 32.2. The molecule has 0 N–H and O–H groups in total. The summed E-state index contributed by atoms with van der Waals surface area (Å²) in [6.45, 7) is 2.15. The van der Waals surface area contributed by atoms with Gasteiger partial charge in [-0.15, -0.1) is 0 Å². The summed E-state index contributed by atoms with van der Waals surface area (Å²) in [6, 6.07) is 16.3. The fraction of sp³-hybridized carbons (Fsp3) is 0.286. The van der Waals surface area contributed by atoms with Crippen LogP contribution in [0.25, 0.3) is 16.8 Å². The molecule has 5 rings (SSSR count). The maximum atomic E-state index is 11.9. The van der Waals surface area contributed by atoms with Crippen LogP contribution in [0.5, 0.6) is 5.75 Å². The number of thiol groups is 9. The van der Waals surface area contributed by atoms with Crippen molar-refractivity contribution in [2.75, 3.05) is 6.26 Å². The van der Waals surface area contributed by atoms with Crippen LogP contribution in [0.4, 0.5) is 0 Å². The third kappa shape index (κ3) is 6.09. The van der Waals surface area contributed by atoms with E-state index in [1.165, 1.54) is 18.0 Å². The summed E-state index contributed by atoms with van der Waals surface area (Å²) < 4.78 is 25.3. The van der Waals surface area contributed by atoms with Crippen LogP contribution >= 0.6 is 125 Å². The van der Waals surface area contributed by atoms with Crippen LogP contribution in [-0.4, -0.2) is 49.6 Å². The highest BCUT2D eigenvalue weighted by Gasteiger charge is 2.81. The second kappa shape index (κ2) is 12.7. The number of rotatable bonds is 8. The summed E-state index contributed by atoms with van der Waals surface area (Å²) >= 11 is 44.8. The number of aromatic nitrogens is 3. The lowest BCUT2D eigenvalue weighted by Crippen LogP contribution is -2.49. The number of nitrogens with zero attached hydrogens (tertiary/aromatic N) is 3. The van der Waals surface area contributed by atoms with Crippen LogP contribution in [0.2, 0.25) is 0 Å². The summed E-state index contributed by atoms with van der Waals surface area (Å²) in [5, 5.41) is 0.525. The van der Waals surface area contributed by atoms with Crippen LogP contribution in [-0.2, 0) is 16.4 Å². The van der Waals surface area contributed by atoms with Gasteiger partial charge in [0.1, 0.15) is 32.8 Å². The average Bonchev–Trinajstić information content (AvgIpc) is 3.39. The Balaban J connectivity index is 1.46. The van der Waals surface area contributed by atoms with E-state index in [1.807, 2.05) is 41.8 Å². The Bertz CT molecular complexity index is 1820. The van der Waals surface area contributed by atoms with Gasteiger partial charge in [0.15, 0.2) is 15.0 Å². The molecule has 1 aliphatic carbocycles. The zero-order valence-electron chi connectivity index (χ0n) is 23.5. The second-order valence-electron chi connectivity index (χ2n) is 10.6. The molecule has 45 heavy (non-hydrogen) atoms. The Morgan fingerprint density at radius 3 is 2.00 bits per heavy atom. The van der Waals surface area contributed by atoms with Crippen molar-refractivity contribution in [3.8, 4) is 22.6 Å². The Labute approximate surface area is 317 Å². The molecule has 1 aliphatic rings. The number of benzene rings is 2. The van der Waals surface area contributed by atoms with Crippen molar-refractivity contribution in [1.29, 1.82) is 0 Å². The minimum atomic E-state index is -3.27. The molecule has 2 heterocycles. The molecule has 240 valence electrons. The summed E-state index contributed by atoms with van der Waals surface area (Å²) in [6.07, 6.45) is 6.31. The molecule has 0 spiro atoms. The SMILES string of the molecule is Cc1cc(OCc2cnc(SC3(S)C(S)(S)C(S)(S)C(S)(S)C3(S)S)n2-c2cccnc2)ccc1-c1ccc(S(C)(=O)=O)cc1. The average molecular weight is 808 g/mol. The van der Waals surface area contributed by atoms with Gasteiger partial charge < -0.3 is 4.74 Å². The van der Waals surface area contributed by atoms with Gasteiger partial charge >= 0.3 is 0 Å². The lowest BCUT2D eigenvalue weighted by molar-refractivity contribution is 0.298. The molecule has 0 unspecified atom stereocenters. The molecule has 0 bridgehead atoms. The largest absolute Gasteiger partial charge is 0.487 e. The molecule has 0 aliphatic heterocycles. The van der Waals surface area contributed by atoms with Crippen molar-refractivity contribution in [3.63, 3.8) is 0 Å². The van der Waals surface area contributed by atoms with E-state index in [2.05, 4.69) is 4.98 Å². The molecule has 1 saturated carbocycles. The van der Waals surface area contributed by atoms with Gasteiger partial charge in [-0.3, -0.25) is 9.55 Å². The predicted molar refractivity (Wildman–Crippen MR) is 216 cm³/mol. The minimum Gasteiger partial charge on any atom is -0.487 e. The first-order chi connectivity index (χ1) is 20.8. The monoisotopic (exact) mass is 807 g/mol. The Morgan fingerprint density at radius 2 is 1.47 bits per heavy atom. The van der Waals surface area contributed by atoms with Crippen LogP contribution in [0.1, 0.15) is 11.3 Å². The number of pyridine rings is 1. The van der Waals surface area contributed by atoms with Crippen LogP contribution in [0.15, 0.2) is 83.2 Å². The van der Waals surface area contributed by atoms with Gasteiger partial charge in [0.2, 0.25) is 0 Å². The van der Waals surface area contributed by atoms with Crippen molar-refractivity contribution in [1.82, 2.24) is 14.5 Å². The van der Waals surface area contributed by atoms with Crippen LogP contribution < -0.4 is 4.74 Å². The van der Waals surface area contributed by atoms with Crippen LogP contribution in [0.3, 0.4) is 0 Å². The number of imidazole rings is 1. The first-order valence-electron chi connectivity index (χ1n) is 13.0. The number of ether oxygens (including phenoxy) is 1. The highest BCUT2D eigenvalue weighted by Crippen LogP contribution is 2.78. The summed E-state index contributed by atoms with van der Waals surface area (Å²) in [4.78, 5) is 9.31. The van der Waals surface area contributed by atoms with Gasteiger partial charge in [0, 0.05) is 12.5 Å². The topological polar surface area (TPSA) is 74.1 Å². The van der Waals surface area contributed by atoms with Crippen molar-refractivity contribution in [2.45, 2.75) is 44.0 Å². The molecular weight excluding hydrogens is 779 g/mol. The molecule has 0 radical (unpaired) electrons. The smallest absolute Gasteiger partial charge is 0.175 e. The van der Waals surface area contributed by atoms with Crippen LogP contribution in [0, 0.1) is 6.92 Å². The molecular formula is C28H29N3O3S11. The maximum absolute atomic E-state index is 11.9. The normalized spacial score (nSPS) is 19.4. The maximum Gasteiger partial charge on any atom is 0.175 e. The number of hydrogen-bond acceptors (Lipinski definition) is 15. The third-order valence-electron chi connectivity index (χ3n) is 7.53. The number of sulfone groups is 1. The van der Waals surface area contributed by atoms with Crippen molar-refractivity contribution >= 4 is 135 Å². The third-order valence-corrected chi connectivity index (χ3v) is 19.8. The standard InChI is InChI=1S/C28H29N3O3S11/c1-16-12-20(7-10-22(16)17-5-8-21(9-6-17)45(2,32)33)34-15-19-14-30-23(31(19)18-4-3-11-29-13-18)44-28(43)26(39,40)24(35,36)25(37,38)27(28,41)42/h3-14,35-43H,15H2,1-2H3. The zero-order chi connectivity index (χ0) is 33.2. The fourth-order valence-electron chi connectivity index (χ4n) is 4.87. The lowest BCUT2D eigenvalue weighted by Gasteiger charge is -2.43. The van der Waals surface area contributed by atoms with E-state index in [1.54, 1.807) is 42.9 Å². The molecule has 17 heteroatoms. The van der Waals surface area contributed by atoms with Crippen molar-refractivity contribution in [2.24, 2.45) is 0 Å². The van der Waals surface area contributed by atoms with E-state index >= 15 is 0 Å². The summed E-state index contributed by atoms with van der Waals surface area (Å²) in [5.74, 6) is 0.651. The number of hydrogen-bond donors (Lipinski definition) is 9. The van der Waals surface area contributed by atoms with Crippen molar-refractivity contribution in [3.05, 3.63) is 84.4 Å². The minimum absolute atomic E-state index is 0.176. The fourth-order valence-corrected chi connectivity index (χ4v) is 12.3. The zero-order valence-corrected chi connectivity index (χ0v) is 33.2.